The van der Waals surface area contributed by atoms with Gasteiger partial charge in [0.1, 0.15) is 5.75 Å². The Hall–Kier alpha value is -2.35. The molecule has 3 aromatic rings. The fraction of sp³-hybridized carbons (Fsp3) is 0.333. The van der Waals surface area contributed by atoms with Crippen LogP contribution in [0, 0.1) is 0 Å². The first kappa shape index (κ1) is 19.9. The van der Waals surface area contributed by atoms with E-state index in [1.165, 1.54) is 0 Å². The van der Waals surface area contributed by atoms with Crippen molar-refractivity contribution >= 4 is 44.3 Å². The van der Waals surface area contributed by atoms with E-state index in [0.717, 1.165) is 65.1 Å². The number of aliphatic carboxylic acids is 1. The van der Waals surface area contributed by atoms with E-state index in [9.17, 15) is 4.79 Å². The minimum absolute atomic E-state index is 0.316. The Bertz CT molecular complexity index is 1000. The number of piperazine rings is 1. The highest BCUT2D eigenvalue weighted by Crippen LogP contribution is 2.31. The lowest BCUT2D eigenvalue weighted by atomic mass is 10.1. The summed E-state index contributed by atoms with van der Waals surface area (Å²) in [6.45, 7) is 4.54. The quantitative estimate of drug-likeness (QED) is 0.614. The largest absolute Gasteiger partial charge is 0.482 e. The van der Waals surface area contributed by atoms with Crippen LogP contribution in [0.4, 0.5) is 5.13 Å². The summed E-state index contributed by atoms with van der Waals surface area (Å²) in [5, 5.41) is 10.5. The molecule has 1 saturated heterocycles. The number of ether oxygens (including phenoxy) is 1. The van der Waals surface area contributed by atoms with Crippen molar-refractivity contribution in [1.82, 2.24) is 9.88 Å². The summed E-state index contributed by atoms with van der Waals surface area (Å²) >= 11 is 7.78. The summed E-state index contributed by atoms with van der Waals surface area (Å²) in [6, 6.07) is 13.5. The first-order chi connectivity index (χ1) is 14.1. The zero-order valence-corrected chi connectivity index (χ0v) is 17.5. The summed E-state index contributed by atoms with van der Waals surface area (Å²) in [4.78, 5) is 20.2. The summed E-state index contributed by atoms with van der Waals surface area (Å²) in [5.74, 6) is -0.366. The van der Waals surface area contributed by atoms with E-state index in [2.05, 4.69) is 15.9 Å². The van der Waals surface area contributed by atoms with E-state index in [0.29, 0.717) is 5.75 Å². The fourth-order valence-electron chi connectivity index (χ4n) is 3.41. The first-order valence-electron chi connectivity index (χ1n) is 9.54. The van der Waals surface area contributed by atoms with Gasteiger partial charge < -0.3 is 14.7 Å². The molecule has 0 saturated carbocycles. The van der Waals surface area contributed by atoms with Crippen LogP contribution >= 0.6 is 22.9 Å². The third-order valence-corrected chi connectivity index (χ3v) is 6.27. The normalized spacial score (nSPS) is 15.0. The Kier molecular flexibility index (Phi) is 6.18. The smallest absolute Gasteiger partial charge is 0.341 e. The highest BCUT2D eigenvalue weighted by atomic mass is 35.5. The summed E-state index contributed by atoms with van der Waals surface area (Å²) in [7, 11) is 0. The minimum atomic E-state index is -0.968. The Morgan fingerprint density at radius 3 is 2.79 bits per heavy atom. The zero-order valence-electron chi connectivity index (χ0n) is 15.9. The number of carboxylic acids is 1. The molecule has 0 amide bonds. The SMILES string of the molecule is O=C(O)COc1cccc(CCN2CCN(c3nc4ccc(Cl)cc4s3)CC2)c1. The van der Waals surface area contributed by atoms with Gasteiger partial charge in [-0.25, -0.2) is 9.78 Å². The number of benzene rings is 2. The standard InChI is InChI=1S/C21H22ClN3O3S/c22-16-4-5-18-19(13-16)29-21(23-18)25-10-8-24(9-11-25)7-6-15-2-1-3-17(12-15)28-14-20(26)27/h1-5,12-13H,6-11,14H2,(H,26,27). The average Bonchev–Trinajstić information content (AvgIpc) is 3.14. The molecule has 6 nitrogen and oxygen atoms in total. The van der Waals surface area contributed by atoms with Crippen molar-refractivity contribution in [2.24, 2.45) is 0 Å². The molecular formula is C21H22ClN3O3S. The molecule has 0 radical (unpaired) electrons. The maximum Gasteiger partial charge on any atom is 0.341 e. The van der Waals surface area contributed by atoms with Crippen LogP contribution in [0.25, 0.3) is 10.2 Å². The molecule has 2 aromatic carbocycles. The van der Waals surface area contributed by atoms with Crippen molar-refractivity contribution in [3.8, 4) is 5.75 Å². The van der Waals surface area contributed by atoms with Gasteiger partial charge in [0.05, 0.1) is 10.2 Å². The lowest BCUT2D eigenvalue weighted by Crippen LogP contribution is -2.46. The van der Waals surface area contributed by atoms with E-state index >= 15 is 0 Å². The second-order valence-corrected chi connectivity index (χ2v) is 8.46. The van der Waals surface area contributed by atoms with Crippen LogP contribution in [0.1, 0.15) is 5.56 Å². The Labute approximate surface area is 178 Å². The maximum absolute atomic E-state index is 10.6. The number of rotatable bonds is 7. The van der Waals surface area contributed by atoms with Gasteiger partial charge in [-0.15, -0.1) is 0 Å². The Balaban J connectivity index is 1.28. The van der Waals surface area contributed by atoms with Gasteiger partial charge in [0.2, 0.25) is 0 Å². The van der Waals surface area contributed by atoms with E-state index in [-0.39, 0.29) is 6.61 Å². The second kappa shape index (κ2) is 8.98. The van der Waals surface area contributed by atoms with E-state index < -0.39 is 5.97 Å². The highest BCUT2D eigenvalue weighted by Gasteiger charge is 2.19. The van der Waals surface area contributed by atoms with E-state index in [1.807, 2.05) is 30.3 Å². The van der Waals surface area contributed by atoms with Crippen molar-refractivity contribution in [2.75, 3.05) is 44.2 Å². The molecule has 1 aliphatic rings. The van der Waals surface area contributed by atoms with Gasteiger partial charge in [-0.1, -0.05) is 35.1 Å². The number of thiazole rings is 1. The minimum Gasteiger partial charge on any atom is -0.482 e. The van der Waals surface area contributed by atoms with Crippen molar-refractivity contribution in [1.29, 1.82) is 0 Å². The number of halogens is 1. The van der Waals surface area contributed by atoms with Crippen molar-refractivity contribution in [2.45, 2.75) is 6.42 Å². The van der Waals surface area contributed by atoms with Gasteiger partial charge in [0, 0.05) is 37.7 Å². The second-order valence-electron chi connectivity index (χ2n) is 7.02. The number of fused-ring (bicyclic) bond motifs is 1. The number of carboxylic acid groups (broad SMARTS) is 1. The third-order valence-electron chi connectivity index (χ3n) is 4.96. The van der Waals surface area contributed by atoms with E-state index in [1.54, 1.807) is 17.4 Å². The van der Waals surface area contributed by atoms with Gasteiger partial charge in [0.25, 0.3) is 0 Å². The number of hydrogen-bond acceptors (Lipinski definition) is 6. The lowest BCUT2D eigenvalue weighted by molar-refractivity contribution is -0.139. The highest BCUT2D eigenvalue weighted by molar-refractivity contribution is 7.22. The first-order valence-corrected chi connectivity index (χ1v) is 10.7. The number of nitrogens with zero attached hydrogens (tertiary/aromatic N) is 3. The summed E-state index contributed by atoms with van der Waals surface area (Å²) in [6.07, 6.45) is 0.907. The predicted molar refractivity (Wildman–Crippen MR) is 117 cm³/mol. The van der Waals surface area contributed by atoms with Crippen molar-refractivity contribution in [3.05, 3.63) is 53.1 Å². The molecule has 0 spiro atoms. The number of anilines is 1. The van der Waals surface area contributed by atoms with Crippen LogP contribution in [0.3, 0.4) is 0 Å². The Morgan fingerprint density at radius 2 is 2.00 bits per heavy atom. The lowest BCUT2D eigenvalue weighted by Gasteiger charge is -2.34. The number of hydrogen-bond donors (Lipinski definition) is 1. The van der Waals surface area contributed by atoms with Crippen LogP contribution in [0.15, 0.2) is 42.5 Å². The van der Waals surface area contributed by atoms with Crippen LogP contribution < -0.4 is 9.64 Å². The Morgan fingerprint density at radius 1 is 1.17 bits per heavy atom. The van der Waals surface area contributed by atoms with Crippen molar-refractivity contribution < 1.29 is 14.6 Å². The molecule has 1 aliphatic heterocycles. The summed E-state index contributed by atoms with van der Waals surface area (Å²) in [5.41, 5.74) is 2.15. The zero-order chi connectivity index (χ0) is 20.2. The molecule has 1 N–H and O–H groups in total. The van der Waals surface area contributed by atoms with Crippen molar-refractivity contribution in [3.63, 3.8) is 0 Å². The third kappa shape index (κ3) is 5.18. The molecule has 0 atom stereocenters. The number of carbonyl (C=O) groups is 1. The molecule has 8 heteroatoms. The average molecular weight is 432 g/mol. The van der Waals surface area contributed by atoms with Crippen LogP contribution in [0.2, 0.25) is 5.02 Å². The van der Waals surface area contributed by atoms with Gasteiger partial charge in [0.15, 0.2) is 11.7 Å². The number of aromatic nitrogens is 1. The van der Waals surface area contributed by atoms with Crippen LogP contribution in [-0.2, 0) is 11.2 Å². The van der Waals surface area contributed by atoms with E-state index in [4.69, 9.17) is 26.4 Å². The molecule has 0 aliphatic carbocycles. The molecular weight excluding hydrogens is 410 g/mol. The molecule has 1 fully saturated rings. The fourth-order valence-corrected chi connectivity index (χ4v) is 4.70. The van der Waals surface area contributed by atoms with Gasteiger partial charge in [-0.3, -0.25) is 4.90 Å². The molecule has 1 aromatic heterocycles. The molecule has 4 rings (SSSR count). The predicted octanol–water partition coefficient (Wildman–Crippen LogP) is 3.78. The molecule has 152 valence electrons. The molecule has 0 unspecified atom stereocenters. The van der Waals surface area contributed by atoms with Gasteiger partial charge in [-0.2, -0.15) is 0 Å². The summed E-state index contributed by atoms with van der Waals surface area (Å²) < 4.78 is 6.39. The van der Waals surface area contributed by atoms with Crippen LogP contribution in [-0.4, -0.2) is 60.3 Å². The van der Waals surface area contributed by atoms with Gasteiger partial charge in [-0.05, 0) is 42.3 Å². The monoisotopic (exact) mass is 431 g/mol. The topological polar surface area (TPSA) is 65.9 Å². The maximum atomic E-state index is 10.6. The molecule has 0 bridgehead atoms. The molecule has 2 heterocycles. The molecule has 29 heavy (non-hydrogen) atoms. The van der Waals surface area contributed by atoms with Crippen LogP contribution in [0.5, 0.6) is 5.75 Å². The van der Waals surface area contributed by atoms with Gasteiger partial charge >= 0.3 is 5.97 Å².